The summed E-state index contributed by atoms with van der Waals surface area (Å²) in [5, 5.41) is 6.74. The summed E-state index contributed by atoms with van der Waals surface area (Å²) in [7, 11) is 0. The van der Waals surface area contributed by atoms with E-state index >= 15 is 0 Å². The van der Waals surface area contributed by atoms with Gasteiger partial charge in [0.05, 0.1) is 12.3 Å². The third-order valence-electron chi connectivity index (χ3n) is 3.60. The van der Waals surface area contributed by atoms with E-state index in [0.717, 1.165) is 42.4 Å². The van der Waals surface area contributed by atoms with Gasteiger partial charge >= 0.3 is 0 Å². The van der Waals surface area contributed by atoms with E-state index in [0.29, 0.717) is 6.04 Å². The summed E-state index contributed by atoms with van der Waals surface area (Å²) in [5.41, 5.74) is 3.64. The molecule has 1 unspecified atom stereocenters. The molecular formula is C16H20N2OS. The van der Waals surface area contributed by atoms with Gasteiger partial charge in [-0.25, -0.2) is 4.98 Å². The molecule has 1 aromatic heterocycles. The van der Waals surface area contributed by atoms with Gasteiger partial charge < -0.3 is 10.1 Å². The average Bonchev–Trinajstić information content (AvgIpc) is 3.12. The Balaban J connectivity index is 1.79. The standard InChI is InChI=1S/C16H20N2OS/c1-3-7-17-11(2)14-10-20-16(18-14)13-4-5-15-12(9-13)6-8-19-15/h4-5,9-11,17H,3,6-8H2,1-2H3. The average molecular weight is 288 g/mol. The van der Waals surface area contributed by atoms with Gasteiger partial charge in [-0.3, -0.25) is 0 Å². The fourth-order valence-electron chi connectivity index (χ4n) is 2.40. The molecule has 3 nitrogen and oxygen atoms in total. The molecule has 1 aromatic carbocycles. The zero-order valence-corrected chi connectivity index (χ0v) is 12.8. The van der Waals surface area contributed by atoms with Crippen LogP contribution in [0, 0.1) is 0 Å². The highest BCUT2D eigenvalue weighted by atomic mass is 32.1. The number of nitrogens with zero attached hydrogens (tertiary/aromatic N) is 1. The Labute approximate surface area is 124 Å². The highest BCUT2D eigenvalue weighted by Crippen LogP contribution is 2.32. The van der Waals surface area contributed by atoms with Gasteiger partial charge in [-0.2, -0.15) is 0 Å². The fourth-order valence-corrected chi connectivity index (χ4v) is 3.31. The lowest BCUT2D eigenvalue weighted by Crippen LogP contribution is -2.19. The molecule has 3 rings (SSSR count). The fraction of sp³-hybridized carbons (Fsp3) is 0.438. The molecule has 1 aliphatic heterocycles. The summed E-state index contributed by atoms with van der Waals surface area (Å²) in [6, 6.07) is 6.71. The molecule has 1 atom stereocenters. The Bertz CT molecular complexity index is 594. The van der Waals surface area contributed by atoms with Gasteiger partial charge in [-0.05, 0) is 43.7 Å². The van der Waals surface area contributed by atoms with Crippen molar-refractivity contribution in [1.29, 1.82) is 0 Å². The van der Waals surface area contributed by atoms with Crippen LogP contribution in [0.1, 0.15) is 37.6 Å². The lowest BCUT2D eigenvalue weighted by Gasteiger charge is -2.09. The van der Waals surface area contributed by atoms with Crippen molar-refractivity contribution < 1.29 is 4.74 Å². The molecule has 0 radical (unpaired) electrons. The van der Waals surface area contributed by atoms with Crippen molar-refractivity contribution in [1.82, 2.24) is 10.3 Å². The highest BCUT2D eigenvalue weighted by molar-refractivity contribution is 7.13. The Kier molecular flexibility index (Phi) is 4.03. The van der Waals surface area contributed by atoms with Gasteiger partial charge in [0.25, 0.3) is 0 Å². The van der Waals surface area contributed by atoms with Crippen molar-refractivity contribution in [2.24, 2.45) is 0 Å². The minimum atomic E-state index is 0.317. The third-order valence-corrected chi connectivity index (χ3v) is 4.51. The Morgan fingerprint density at radius 2 is 2.35 bits per heavy atom. The molecule has 0 saturated carbocycles. The number of fused-ring (bicyclic) bond motifs is 1. The van der Waals surface area contributed by atoms with Crippen LogP contribution >= 0.6 is 11.3 Å². The van der Waals surface area contributed by atoms with Crippen molar-refractivity contribution in [2.75, 3.05) is 13.2 Å². The quantitative estimate of drug-likeness (QED) is 0.908. The summed E-state index contributed by atoms with van der Waals surface area (Å²) >= 11 is 1.72. The first kappa shape index (κ1) is 13.6. The number of ether oxygens (including phenoxy) is 1. The van der Waals surface area contributed by atoms with Crippen LogP contribution in [-0.2, 0) is 6.42 Å². The highest BCUT2D eigenvalue weighted by Gasteiger charge is 2.15. The molecule has 1 N–H and O–H groups in total. The molecule has 20 heavy (non-hydrogen) atoms. The second-order valence-electron chi connectivity index (χ2n) is 5.17. The van der Waals surface area contributed by atoms with E-state index in [2.05, 4.69) is 42.7 Å². The van der Waals surface area contributed by atoms with Crippen molar-refractivity contribution in [3.05, 3.63) is 34.8 Å². The molecule has 2 aromatic rings. The summed E-state index contributed by atoms with van der Waals surface area (Å²) in [6.07, 6.45) is 2.15. The van der Waals surface area contributed by atoms with Crippen LogP contribution in [0.25, 0.3) is 10.6 Å². The maximum Gasteiger partial charge on any atom is 0.123 e. The Morgan fingerprint density at radius 3 is 3.20 bits per heavy atom. The van der Waals surface area contributed by atoms with Crippen LogP contribution < -0.4 is 10.1 Å². The summed E-state index contributed by atoms with van der Waals surface area (Å²) in [6.45, 7) is 6.19. The molecule has 0 amide bonds. The number of hydrogen-bond donors (Lipinski definition) is 1. The van der Waals surface area contributed by atoms with E-state index in [-0.39, 0.29) is 0 Å². The van der Waals surface area contributed by atoms with Gasteiger partial charge in [0.1, 0.15) is 10.8 Å². The molecule has 0 spiro atoms. The number of hydrogen-bond acceptors (Lipinski definition) is 4. The molecule has 0 bridgehead atoms. The van der Waals surface area contributed by atoms with Gasteiger partial charge in [-0.1, -0.05) is 6.92 Å². The molecular weight excluding hydrogens is 268 g/mol. The van der Waals surface area contributed by atoms with Crippen molar-refractivity contribution in [3.63, 3.8) is 0 Å². The Hall–Kier alpha value is -1.39. The van der Waals surface area contributed by atoms with Crippen molar-refractivity contribution in [3.8, 4) is 16.3 Å². The molecule has 0 saturated heterocycles. The normalized spacial score (nSPS) is 14.9. The van der Waals surface area contributed by atoms with Crippen LogP contribution in [0.3, 0.4) is 0 Å². The van der Waals surface area contributed by atoms with Crippen LogP contribution in [-0.4, -0.2) is 18.1 Å². The van der Waals surface area contributed by atoms with Crippen molar-refractivity contribution in [2.45, 2.75) is 32.7 Å². The summed E-state index contributed by atoms with van der Waals surface area (Å²) < 4.78 is 5.55. The molecule has 4 heteroatoms. The van der Waals surface area contributed by atoms with Crippen LogP contribution in [0.15, 0.2) is 23.6 Å². The van der Waals surface area contributed by atoms with Gasteiger partial charge in [0, 0.05) is 23.4 Å². The predicted octanol–water partition coefficient (Wildman–Crippen LogP) is 3.81. The minimum absolute atomic E-state index is 0.317. The topological polar surface area (TPSA) is 34.1 Å². The first-order valence-electron chi connectivity index (χ1n) is 7.23. The first-order chi connectivity index (χ1) is 9.78. The lowest BCUT2D eigenvalue weighted by molar-refractivity contribution is 0.357. The van der Waals surface area contributed by atoms with E-state index in [4.69, 9.17) is 9.72 Å². The number of nitrogens with one attached hydrogen (secondary N) is 1. The molecule has 0 fully saturated rings. The lowest BCUT2D eigenvalue weighted by atomic mass is 10.1. The number of thiazole rings is 1. The maximum absolute atomic E-state index is 5.55. The second kappa shape index (κ2) is 5.94. The SMILES string of the molecule is CCCNC(C)c1csc(-c2ccc3c(c2)CCO3)n1. The van der Waals surface area contributed by atoms with E-state index in [9.17, 15) is 0 Å². The number of benzene rings is 1. The van der Waals surface area contributed by atoms with Crippen LogP contribution in [0.4, 0.5) is 0 Å². The molecule has 2 heterocycles. The third kappa shape index (κ3) is 2.72. The van der Waals surface area contributed by atoms with E-state index in [1.54, 1.807) is 11.3 Å². The van der Waals surface area contributed by atoms with Crippen molar-refractivity contribution >= 4 is 11.3 Å². The monoisotopic (exact) mass is 288 g/mol. The molecule has 106 valence electrons. The van der Waals surface area contributed by atoms with Crippen LogP contribution in [0.2, 0.25) is 0 Å². The molecule has 0 aliphatic carbocycles. The maximum atomic E-state index is 5.55. The van der Waals surface area contributed by atoms with Gasteiger partial charge in [-0.15, -0.1) is 11.3 Å². The van der Waals surface area contributed by atoms with Gasteiger partial charge in [0.2, 0.25) is 0 Å². The van der Waals surface area contributed by atoms with Crippen LogP contribution in [0.5, 0.6) is 5.75 Å². The second-order valence-corrected chi connectivity index (χ2v) is 6.03. The van der Waals surface area contributed by atoms with E-state index in [1.807, 2.05) is 0 Å². The smallest absolute Gasteiger partial charge is 0.123 e. The summed E-state index contributed by atoms with van der Waals surface area (Å²) in [4.78, 5) is 4.77. The van der Waals surface area contributed by atoms with Gasteiger partial charge in [0.15, 0.2) is 0 Å². The first-order valence-corrected chi connectivity index (χ1v) is 8.11. The Morgan fingerprint density at radius 1 is 1.45 bits per heavy atom. The zero-order valence-electron chi connectivity index (χ0n) is 12.0. The molecule has 1 aliphatic rings. The minimum Gasteiger partial charge on any atom is -0.493 e. The number of rotatable bonds is 5. The van der Waals surface area contributed by atoms with E-state index < -0.39 is 0 Å². The number of aromatic nitrogens is 1. The summed E-state index contributed by atoms with van der Waals surface area (Å²) in [5.74, 6) is 1.03. The zero-order chi connectivity index (χ0) is 13.9. The van der Waals surface area contributed by atoms with E-state index in [1.165, 1.54) is 11.1 Å². The largest absolute Gasteiger partial charge is 0.493 e. The predicted molar refractivity (Wildman–Crippen MR) is 83.5 cm³/mol.